The van der Waals surface area contributed by atoms with Crippen molar-refractivity contribution in [2.24, 2.45) is 0 Å². The minimum atomic E-state index is -5.42. The Bertz CT molecular complexity index is 1620. The summed E-state index contributed by atoms with van der Waals surface area (Å²) in [6.07, 6.45) is -14.1. The van der Waals surface area contributed by atoms with Gasteiger partial charge in [-0.15, -0.1) is 0 Å². The van der Waals surface area contributed by atoms with Crippen molar-refractivity contribution in [3.63, 3.8) is 0 Å². The molecule has 0 saturated heterocycles. The van der Waals surface area contributed by atoms with Crippen molar-refractivity contribution in [1.29, 1.82) is 0 Å². The standard InChI is InChI=1S/C8H5ClF4O4S.C8H3ClF4O.C7H3ClF4.Na/c9-5-2-3(8(11,12)13)1-4(6(5)10)7(14)18(15,16)17;9-6-2-5(8(11,12)13)1-4(3-14)7(6)10;8-5-3-4(7(10,11)12)1-2-6(5)9;/h1-2,7,14H,(H,15,16,17);1-3H;1-3H;/q;;;+1/p-1. The number of rotatable bonds is 3. The zero-order valence-electron chi connectivity index (χ0n) is 21.4. The summed E-state index contributed by atoms with van der Waals surface area (Å²) in [5.41, 5.74) is -8.58. The predicted molar refractivity (Wildman–Crippen MR) is 129 cm³/mol. The second-order valence-electron chi connectivity index (χ2n) is 7.81. The van der Waals surface area contributed by atoms with Gasteiger partial charge in [-0.25, -0.2) is 21.6 Å². The van der Waals surface area contributed by atoms with Crippen LogP contribution in [0, 0.1) is 17.5 Å². The summed E-state index contributed by atoms with van der Waals surface area (Å²) in [6.45, 7) is 0. The first kappa shape index (κ1) is 43.2. The van der Waals surface area contributed by atoms with E-state index >= 15 is 0 Å². The van der Waals surface area contributed by atoms with E-state index in [1.54, 1.807) is 0 Å². The molecule has 3 aromatic carbocycles. The average molecular weight is 756 g/mol. The van der Waals surface area contributed by atoms with E-state index in [1.165, 1.54) is 0 Å². The van der Waals surface area contributed by atoms with E-state index < -0.39 is 94.4 Å². The first-order valence-electron chi connectivity index (χ1n) is 10.4. The van der Waals surface area contributed by atoms with E-state index in [-0.39, 0.29) is 48.0 Å². The van der Waals surface area contributed by atoms with Gasteiger partial charge in [0.15, 0.2) is 17.5 Å². The molecule has 3 aromatic rings. The number of benzene rings is 3. The molecule has 0 aliphatic rings. The molecule has 1 unspecified atom stereocenters. The van der Waals surface area contributed by atoms with Crippen LogP contribution in [0.15, 0.2) is 42.5 Å². The molecule has 0 aliphatic heterocycles. The van der Waals surface area contributed by atoms with E-state index in [1.807, 2.05) is 0 Å². The minimum absolute atomic E-state index is 0. The number of alkyl halides is 9. The van der Waals surface area contributed by atoms with Gasteiger partial charge in [0.05, 0.1) is 37.3 Å². The summed E-state index contributed by atoms with van der Waals surface area (Å²) in [7, 11) is -5.42. The van der Waals surface area contributed by atoms with Crippen LogP contribution in [0.5, 0.6) is 0 Å². The number of aliphatic hydroxyl groups excluding tert-OH is 1. The van der Waals surface area contributed by atoms with Crippen molar-refractivity contribution in [2.45, 2.75) is 24.0 Å². The van der Waals surface area contributed by atoms with Crippen molar-refractivity contribution in [3.8, 4) is 0 Å². The minimum Gasteiger partial charge on any atom is -0.746 e. The molecule has 1 N–H and O–H groups in total. The van der Waals surface area contributed by atoms with Crippen LogP contribution in [0.4, 0.5) is 52.7 Å². The van der Waals surface area contributed by atoms with Crippen LogP contribution < -0.4 is 29.6 Å². The quantitative estimate of drug-likeness (QED) is 0.157. The molecule has 0 amide bonds. The van der Waals surface area contributed by atoms with Gasteiger partial charge in [0.1, 0.15) is 21.8 Å². The molecule has 0 aliphatic carbocycles. The number of aliphatic hydroxyl groups is 1. The maximum Gasteiger partial charge on any atom is 1.00 e. The number of halogens is 15. The molecule has 0 radical (unpaired) electrons. The number of hydrogen-bond acceptors (Lipinski definition) is 5. The largest absolute Gasteiger partial charge is 1.00 e. The van der Waals surface area contributed by atoms with E-state index in [4.69, 9.17) is 39.9 Å². The molecule has 0 aromatic heterocycles. The molecule has 3 rings (SSSR count). The molecule has 244 valence electrons. The van der Waals surface area contributed by atoms with Crippen LogP contribution in [-0.4, -0.2) is 24.4 Å². The molecule has 0 bridgehead atoms. The molecule has 0 heterocycles. The van der Waals surface area contributed by atoms with Crippen LogP contribution >= 0.6 is 34.8 Å². The number of carbonyl (C=O) groups is 1. The summed E-state index contributed by atoms with van der Waals surface area (Å²) >= 11 is 15.5. The first-order chi connectivity index (χ1) is 19.7. The van der Waals surface area contributed by atoms with Crippen molar-refractivity contribution < 1.29 is 105 Å². The topological polar surface area (TPSA) is 94.5 Å². The molecule has 1 atom stereocenters. The van der Waals surface area contributed by atoms with Gasteiger partial charge in [-0.3, -0.25) is 4.79 Å². The van der Waals surface area contributed by atoms with Gasteiger partial charge in [0.2, 0.25) is 0 Å². The third kappa shape index (κ3) is 12.7. The van der Waals surface area contributed by atoms with Gasteiger partial charge in [-0.05, 0) is 42.5 Å². The Labute approximate surface area is 281 Å². The van der Waals surface area contributed by atoms with Crippen molar-refractivity contribution in [2.75, 3.05) is 0 Å². The second kappa shape index (κ2) is 16.4. The van der Waals surface area contributed by atoms with Gasteiger partial charge >= 0.3 is 48.1 Å². The number of aldehydes is 1. The van der Waals surface area contributed by atoms with E-state index in [0.29, 0.717) is 30.3 Å². The summed E-state index contributed by atoms with van der Waals surface area (Å²) in [5, 5.41) is 6.69. The van der Waals surface area contributed by atoms with Crippen molar-refractivity contribution in [1.82, 2.24) is 0 Å². The fraction of sp³-hybridized carbons (Fsp3) is 0.174. The smallest absolute Gasteiger partial charge is 0.746 e. The van der Waals surface area contributed by atoms with Gasteiger partial charge < -0.3 is 9.66 Å². The first-order valence-corrected chi connectivity index (χ1v) is 13.0. The average Bonchev–Trinajstić information content (AvgIpc) is 2.86. The summed E-state index contributed by atoms with van der Waals surface area (Å²) < 4.78 is 179. The van der Waals surface area contributed by atoms with Crippen LogP contribution in [0.3, 0.4) is 0 Å². The Morgan fingerprint density at radius 3 is 1.47 bits per heavy atom. The summed E-state index contributed by atoms with van der Waals surface area (Å²) in [6, 6.07) is 2.95. The Kier molecular flexibility index (Phi) is 15.7. The molecule has 0 fully saturated rings. The SMILES string of the molecule is Fc1ccc(C(F)(F)F)cc1Cl.O=Cc1cc(C(F)(F)F)cc(Cl)c1F.O=S(=O)([O-])C(O)c1cc(C(F)(F)F)cc(Cl)c1F.[Na+]. The molecular formula is C23H10Cl3F12NaO5S. The summed E-state index contributed by atoms with van der Waals surface area (Å²) in [5.74, 6) is -3.60. The fourth-order valence-corrected chi connectivity index (χ4v) is 3.76. The van der Waals surface area contributed by atoms with Gasteiger partial charge in [-0.1, -0.05) is 34.8 Å². The summed E-state index contributed by atoms with van der Waals surface area (Å²) in [4.78, 5) is 10.2. The molecular weight excluding hydrogens is 746 g/mol. The van der Waals surface area contributed by atoms with E-state index in [0.717, 1.165) is 0 Å². The number of carbonyl (C=O) groups excluding carboxylic acids is 1. The monoisotopic (exact) mass is 754 g/mol. The fourth-order valence-electron chi connectivity index (χ4n) is 2.64. The second-order valence-corrected chi connectivity index (χ2v) is 10.5. The maximum absolute atomic E-state index is 13.3. The van der Waals surface area contributed by atoms with Crippen LogP contribution in [-0.2, 0) is 28.6 Å². The molecule has 22 heteroatoms. The Balaban J connectivity index is 0.000000652. The number of hydrogen-bond donors (Lipinski definition) is 1. The zero-order valence-corrected chi connectivity index (χ0v) is 26.4. The van der Waals surface area contributed by atoms with Gasteiger partial charge in [0, 0.05) is 5.56 Å². The third-order valence-corrected chi connectivity index (χ3v) is 6.32. The van der Waals surface area contributed by atoms with Crippen LogP contribution in [0.1, 0.15) is 38.0 Å². The van der Waals surface area contributed by atoms with Crippen molar-refractivity contribution in [3.05, 3.63) is 103 Å². The Morgan fingerprint density at radius 2 is 1.09 bits per heavy atom. The molecule has 0 saturated carbocycles. The van der Waals surface area contributed by atoms with Crippen LogP contribution in [0.25, 0.3) is 0 Å². The Hall–Kier alpha value is -1.77. The molecule has 45 heavy (non-hydrogen) atoms. The third-order valence-electron chi connectivity index (χ3n) is 4.68. The van der Waals surface area contributed by atoms with E-state index in [2.05, 4.69) is 0 Å². The van der Waals surface area contributed by atoms with Crippen molar-refractivity contribution >= 4 is 51.2 Å². The zero-order chi connectivity index (χ0) is 34.6. The van der Waals surface area contributed by atoms with Gasteiger partial charge in [-0.2, -0.15) is 39.5 Å². The normalized spacial score (nSPS) is 12.6. The van der Waals surface area contributed by atoms with E-state index in [9.17, 15) is 70.5 Å². The Morgan fingerprint density at radius 1 is 0.689 bits per heavy atom. The predicted octanol–water partition coefficient (Wildman–Crippen LogP) is 5.85. The van der Waals surface area contributed by atoms with Crippen LogP contribution in [0.2, 0.25) is 15.1 Å². The molecule has 5 nitrogen and oxygen atoms in total. The molecule has 0 spiro atoms. The maximum atomic E-state index is 13.3. The van der Waals surface area contributed by atoms with Gasteiger partial charge in [0.25, 0.3) is 0 Å².